The molecule has 0 spiro atoms. The van der Waals surface area contributed by atoms with Crippen molar-refractivity contribution in [1.82, 2.24) is 15.3 Å². The maximum absolute atomic E-state index is 13.0. The zero-order valence-electron chi connectivity index (χ0n) is 36.5. The fourth-order valence-electron chi connectivity index (χ4n) is 8.83. The lowest BCUT2D eigenvalue weighted by Gasteiger charge is -2.18. The molecular formula is C61H47N3O. The minimum Gasteiger partial charge on any atom is -0.392 e. The molecule has 0 fully saturated rings. The zero-order valence-corrected chi connectivity index (χ0v) is 36.5. The Bertz CT molecular complexity index is 3200. The molecule has 0 aliphatic rings. The van der Waals surface area contributed by atoms with Gasteiger partial charge in [0.05, 0.1) is 22.4 Å². The van der Waals surface area contributed by atoms with Gasteiger partial charge in [0.1, 0.15) is 0 Å². The SMILES string of the molecule is CNC(C)=CC(=O)CCc1ccccc1-c1cc(-c2ccccc2-c2ccc(-c3ccc4ccccc4n3)cc2)cc(-c2ccccc2-c2ccc(-c3ccc4ccccc4n3)cc2)c1. The van der Waals surface area contributed by atoms with E-state index in [2.05, 4.69) is 193 Å². The second kappa shape index (κ2) is 18.3. The highest BCUT2D eigenvalue weighted by Crippen LogP contribution is 2.41. The van der Waals surface area contributed by atoms with Crippen LogP contribution < -0.4 is 5.32 Å². The lowest BCUT2D eigenvalue weighted by molar-refractivity contribution is -0.114. The first-order valence-corrected chi connectivity index (χ1v) is 22.2. The van der Waals surface area contributed by atoms with Gasteiger partial charge in [-0.05, 0) is 123 Å². The van der Waals surface area contributed by atoms with E-state index in [4.69, 9.17) is 9.97 Å². The van der Waals surface area contributed by atoms with Gasteiger partial charge >= 0.3 is 0 Å². The largest absolute Gasteiger partial charge is 0.392 e. The van der Waals surface area contributed by atoms with Crippen molar-refractivity contribution in [2.24, 2.45) is 0 Å². The van der Waals surface area contributed by atoms with Crippen LogP contribution in [-0.2, 0) is 11.2 Å². The number of hydrogen-bond donors (Lipinski definition) is 1. The molecule has 0 aliphatic carbocycles. The van der Waals surface area contributed by atoms with Crippen molar-refractivity contribution in [3.63, 3.8) is 0 Å². The van der Waals surface area contributed by atoms with E-state index in [9.17, 15) is 4.79 Å². The van der Waals surface area contributed by atoms with Crippen LogP contribution in [0.4, 0.5) is 0 Å². The molecule has 0 bridgehead atoms. The first-order chi connectivity index (χ1) is 32.0. The summed E-state index contributed by atoms with van der Waals surface area (Å²) in [6.07, 6.45) is 2.75. The summed E-state index contributed by atoms with van der Waals surface area (Å²) in [5.74, 6) is 0.105. The van der Waals surface area contributed by atoms with E-state index in [-0.39, 0.29) is 5.78 Å². The molecule has 0 amide bonds. The van der Waals surface area contributed by atoms with Crippen molar-refractivity contribution in [1.29, 1.82) is 0 Å². The molecule has 65 heavy (non-hydrogen) atoms. The van der Waals surface area contributed by atoms with Crippen LogP contribution in [0, 0.1) is 0 Å². The van der Waals surface area contributed by atoms with Gasteiger partial charge in [-0.2, -0.15) is 0 Å². The van der Waals surface area contributed by atoms with Crippen LogP contribution in [0.25, 0.3) is 100.0 Å². The quantitative estimate of drug-likeness (QED) is 0.125. The number of para-hydroxylation sites is 2. The second-order valence-corrected chi connectivity index (χ2v) is 16.5. The monoisotopic (exact) mass is 837 g/mol. The molecule has 10 rings (SSSR count). The molecule has 0 saturated heterocycles. The van der Waals surface area contributed by atoms with Crippen molar-refractivity contribution < 1.29 is 4.79 Å². The van der Waals surface area contributed by atoms with Crippen LogP contribution in [-0.4, -0.2) is 22.8 Å². The van der Waals surface area contributed by atoms with E-state index >= 15 is 0 Å². The van der Waals surface area contributed by atoms with Gasteiger partial charge in [0, 0.05) is 41.1 Å². The number of nitrogens with one attached hydrogen (secondary N) is 1. The Balaban J connectivity index is 1.06. The third-order valence-corrected chi connectivity index (χ3v) is 12.3. The van der Waals surface area contributed by atoms with Gasteiger partial charge in [-0.3, -0.25) is 4.79 Å². The molecule has 2 aromatic heterocycles. The predicted molar refractivity (Wildman–Crippen MR) is 271 cm³/mol. The highest BCUT2D eigenvalue weighted by molar-refractivity contribution is 5.94. The number of ketones is 1. The van der Waals surface area contributed by atoms with Crippen molar-refractivity contribution >= 4 is 27.6 Å². The number of aromatic nitrogens is 2. The Labute approximate surface area is 380 Å². The molecule has 0 radical (unpaired) electrons. The lowest BCUT2D eigenvalue weighted by Crippen LogP contribution is -2.06. The van der Waals surface area contributed by atoms with Gasteiger partial charge in [-0.1, -0.05) is 170 Å². The molecule has 4 heteroatoms. The third-order valence-electron chi connectivity index (χ3n) is 12.3. The number of pyridine rings is 2. The molecule has 10 aromatic rings. The number of nitrogens with zero attached hydrogens (tertiary/aromatic N) is 2. The molecule has 0 unspecified atom stereocenters. The van der Waals surface area contributed by atoms with Crippen LogP contribution in [0.15, 0.2) is 224 Å². The number of benzene rings is 8. The average molecular weight is 838 g/mol. The van der Waals surface area contributed by atoms with E-state index in [0.29, 0.717) is 12.8 Å². The summed E-state index contributed by atoms with van der Waals surface area (Å²) in [6.45, 7) is 1.92. The van der Waals surface area contributed by atoms with Crippen molar-refractivity contribution in [3.05, 3.63) is 230 Å². The van der Waals surface area contributed by atoms with Crippen molar-refractivity contribution in [2.45, 2.75) is 19.8 Å². The van der Waals surface area contributed by atoms with Crippen LogP contribution in [0.2, 0.25) is 0 Å². The Morgan fingerprint density at radius 1 is 0.431 bits per heavy atom. The minimum absolute atomic E-state index is 0.105. The molecule has 0 atom stereocenters. The molecule has 8 aromatic carbocycles. The van der Waals surface area contributed by atoms with E-state index < -0.39 is 0 Å². The maximum atomic E-state index is 13.0. The predicted octanol–water partition coefficient (Wildman–Crippen LogP) is 15.1. The maximum Gasteiger partial charge on any atom is 0.157 e. The van der Waals surface area contributed by atoms with Gasteiger partial charge in [0.25, 0.3) is 0 Å². The van der Waals surface area contributed by atoms with Crippen molar-refractivity contribution in [3.8, 4) is 78.1 Å². The number of allylic oxidation sites excluding steroid dienone is 2. The van der Waals surface area contributed by atoms with E-state index in [0.717, 1.165) is 111 Å². The Hall–Kier alpha value is -8.21. The topological polar surface area (TPSA) is 54.9 Å². The summed E-state index contributed by atoms with van der Waals surface area (Å²) in [5, 5.41) is 5.34. The summed E-state index contributed by atoms with van der Waals surface area (Å²) in [4.78, 5) is 23.0. The number of carbonyl (C=O) groups is 1. The third kappa shape index (κ3) is 8.75. The van der Waals surface area contributed by atoms with Gasteiger partial charge < -0.3 is 5.32 Å². The van der Waals surface area contributed by atoms with E-state index in [1.54, 1.807) is 6.08 Å². The first-order valence-electron chi connectivity index (χ1n) is 22.2. The zero-order chi connectivity index (χ0) is 44.1. The van der Waals surface area contributed by atoms with E-state index in [1.807, 2.05) is 38.2 Å². The molecule has 312 valence electrons. The Morgan fingerprint density at radius 2 is 0.815 bits per heavy atom. The van der Waals surface area contributed by atoms with Gasteiger partial charge in [-0.15, -0.1) is 0 Å². The average Bonchev–Trinajstić information content (AvgIpc) is 3.37. The minimum atomic E-state index is 0.105. The van der Waals surface area contributed by atoms with Crippen molar-refractivity contribution in [2.75, 3.05) is 7.05 Å². The van der Waals surface area contributed by atoms with Gasteiger partial charge in [0.15, 0.2) is 5.78 Å². The first kappa shape index (κ1) is 40.8. The standard InChI is InChI=1S/C61H47N3O/c1-41(62-2)37-52(65)34-31-42-13-3-6-16-53(42)49-38-50(56-19-9-7-17-54(56)43-23-27-47(28-24-43)60-35-32-45-14-4-11-21-58(45)63-60)40-51(39-49)57-20-10-8-18-55(57)44-25-29-48(30-26-44)61-36-33-46-15-5-12-22-59(46)64-61/h3-30,32-33,35-40,62H,31,34H2,1-2H3. The lowest BCUT2D eigenvalue weighted by atomic mass is 9.86. The summed E-state index contributed by atoms with van der Waals surface area (Å²) in [6, 6.07) is 75.3. The second-order valence-electron chi connectivity index (χ2n) is 16.5. The van der Waals surface area contributed by atoms with Crippen LogP contribution >= 0.6 is 0 Å². The Kier molecular flexibility index (Phi) is 11.5. The molecule has 4 nitrogen and oxygen atoms in total. The van der Waals surface area contributed by atoms with Crippen LogP contribution in [0.3, 0.4) is 0 Å². The Morgan fingerprint density at radius 3 is 1.29 bits per heavy atom. The normalized spacial score (nSPS) is 11.5. The number of carbonyl (C=O) groups excluding carboxylic acids is 1. The fraction of sp³-hybridized carbons (Fsp3) is 0.0656. The molecule has 2 heterocycles. The molecule has 1 N–H and O–H groups in total. The highest BCUT2D eigenvalue weighted by Gasteiger charge is 2.17. The highest BCUT2D eigenvalue weighted by atomic mass is 16.1. The summed E-state index contributed by atoms with van der Waals surface area (Å²) >= 11 is 0. The summed E-state index contributed by atoms with van der Waals surface area (Å²) in [7, 11) is 1.84. The van der Waals surface area contributed by atoms with E-state index in [1.165, 1.54) is 0 Å². The smallest absolute Gasteiger partial charge is 0.157 e. The summed E-state index contributed by atoms with van der Waals surface area (Å²) < 4.78 is 0. The van der Waals surface area contributed by atoms with Gasteiger partial charge in [-0.25, -0.2) is 9.97 Å². The number of fused-ring (bicyclic) bond motifs is 2. The summed E-state index contributed by atoms with van der Waals surface area (Å²) in [5.41, 5.74) is 19.3. The van der Waals surface area contributed by atoms with Gasteiger partial charge in [0.2, 0.25) is 0 Å². The van der Waals surface area contributed by atoms with Crippen LogP contribution in [0.5, 0.6) is 0 Å². The van der Waals surface area contributed by atoms with Crippen LogP contribution in [0.1, 0.15) is 18.9 Å². The molecule has 0 aliphatic heterocycles. The molecule has 0 saturated carbocycles. The number of hydrogen-bond acceptors (Lipinski definition) is 4. The number of rotatable bonds is 12. The fourth-order valence-corrected chi connectivity index (χ4v) is 8.83. The molecular weight excluding hydrogens is 791 g/mol. The number of aryl methyl sites for hydroxylation is 1.